The number of benzene rings is 2. The third kappa shape index (κ3) is 2.89. The summed E-state index contributed by atoms with van der Waals surface area (Å²) in [6.07, 6.45) is 0. The fourth-order valence-corrected chi connectivity index (χ4v) is 3.36. The number of likely N-dealkylation sites (N-methyl/N-ethyl adjacent to an activating group) is 1. The zero-order valence-electron chi connectivity index (χ0n) is 13.7. The quantitative estimate of drug-likeness (QED) is 0.924. The van der Waals surface area contributed by atoms with Crippen LogP contribution in [0.5, 0.6) is 0 Å². The molecule has 2 aromatic rings. The summed E-state index contributed by atoms with van der Waals surface area (Å²) in [4.78, 5) is 26.8. The maximum atomic E-state index is 12.7. The summed E-state index contributed by atoms with van der Waals surface area (Å²) in [6.45, 7) is 4.66. The van der Waals surface area contributed by atoms with E-state index in [1.54, 1.807) is 11.0 Å². The van der Waals surface area contributed by atoms with Gasteiger partial charge >= 0.3 is 0 Å². The minimum absolute atomic E-state index is 0.0957. The van der Waals surface area contributed by atoms with Gasteiger partial charge in [0.15, 0.2) is 0 Å². The first kappa shape index (κ1) is 16.5. The second kappa shape index (κ2) is 6.65. The predicted molar refractivity (Wildman–Crippen MR) is 93.9 cm³/mol. The highest BCUT2D eigenvalue weighted by Gasteiger charge is 2.39. The molecule has 1 aliphatic heterocycles. The number of fused-ring (bicyclic) bond motifs is 1. The summed E-state index contributed by atoms with van der Waals surface area (Å²) in [5.41, 5.74) is 3.29. The number of nitrogens with one attached hydrogen (secondary N) is 1. The molecule has 0 spiro atoms. The largest absolute Gasteiger partial charge is 0.350 e. The van der Waals surface area contributed by atoms with Gasteiger partial charge in [-0.1, -0.05) is 41.9 Å². The standard InChI is InChI=1S/C19H19ClN2O2/c1-3-22-17(14-6-4-5-7-15(14)19(22)24)18(23)21-11-13-9-8-12(2)10-16(13)20/h4-10,17H,3,11H2,1-2H3,(H,21,23). The zero-order valence-corrected chi connectivity index (χ0v) is 14.4. The van der Waals surface area contributed by atoms with Crippen molar-refractivity contribution < 1.29 is 9.59 Å². The first-order chi connectivity index (χ1) is 11.5. The van der Waals surface area contributed by atoms with Crippen molar-refractivity contribution in [1.29, 1.82) is 0 Å². The molecular formula is C19H19ClN2O2. The second-order valence-electron chi connectivity index (χ2n) is 5.89. The molecule has 0 aromatic heterocycles. The maximum Gasteiger partial charge on any atom is 0.255 e. The van der Waals surface area contributed by atoms with E-state index in [0.717, 1.165) is 16.7 Å². The number of aryl methyl sites for hydroxylation is 1. The first-order valence-electron chi connectivity index (χ1n) is 7.95. The molecule has 0 aliphatic carbocycles. The van der Waals surface area contributed by atoms with Gasteiger partial charge in [0.1, 0.15) is 6.04 Å². The van der Waals surface area contributed by atoms with E-state index in [1.165, 1.54) is 0 Å². The summed E-state index contributed by atoms with van der Waals surface area (Å²) < 4.78 is 0. The third-order valence-electron chi connectivity index (χ3n) is 4.31. The lowest BCUT2D eigenvalue weighted by Crippen LogP contribution is -2.38. The normalized spacial score (nSPS) is 16.2. The molecule has 1 atom stereocenters. The van der Waals surface area contributed by atoms with Crippen molar-refractivity contribution in [2.24, 2.45) is 0 Å². The molecule has 1 heterocycles. The van der Waals surface area contributed by atoms with Gasteiger partial charge in [-0.15, -0.1) is 0 Å². The van der Waals surface area contributed by atoms with Crippen molar-refractivity contribution in [3.05, 3.63) is 69.7 Å². The van der Waals surface area contributed by atoms with Crippen LogP contribution in [-0.2, 0) is 11.3 Å². The Kier molecular flexibility index (Phi) is 4.58. The molecule has 2 aromatic carbocycles. The van der Waals surface area contributed by atoms with Crippen LogP contribution in [-0.4, -0.2) is 23.3 Å². The van der Waals surface area contributed by atoms with Crippen LogP contribution >= 0.6 is 11.6 Å². The van der Waals surface area contributed by atoms with Gasteiger partial charge in [-0.05, 0) is 42.7 Å². The molecule has 124 valence electrons. The fourth-order valence-electron chi connectivity index (χ4n) is 3.05. The highest BCUT2D eigenvalue weighted by atomic mass is 35.5. The molecule has 5 heteroatoms. The van der Waals surface area contributed by atoms with Crippen LogP contribution in [0.2, 0.25) is 5.02 Å². The molecule has 4 nitrogen and oxygen atoms in total. The molecule has 1 unspecified atom stereocenters. The monoisotopic (exact) mass is 342 g/mol. The van der Waals surface area contributed by atoms with Crippen molar-refractivity contribution in [2.75, 3.05) is 6.54 Å². The van der Waals surface area contributed by atoms with Gasteiger partial charge in [0.25, 0.3) is 5.91 Å². The Bertz CT molecular complexity index is 804. The van der Waals surface area contributed by atoms with E-state index in [2.05, 4.69) is 5.32 Å². The van der Waals surface area contributed by atoms with E-state index in [0.29, 0.717) is 23.7 Å². The Morgan fingerprint density at radius 2 is 2.00 bits per heavy atom. The van der Waals surface area contributed by atoms with Crippen LogP contribution in [0, 0.1) is 6.92 Å². The number of carbonyl (C=O) groups is 2. The molecule has 0 saturated carbocycles. The molecule has 0 bridgehead atoms. The van der Waals surface area contributed by atoms with Crippen molar-refractivity contribution >= 4 is 23.4 Å². The second-order valence-corrected chi connectivity index (χ2v) is 6.30. The number of hydrogen-bond donors (Lipinski definition) is 1. The van der Waals surface area contributed by atoms with E-state index >= 15 is 0 Å². The average Bonchev–Trinajstić information content (AvgIpc) is 2.86. The van der Waals surface area contributed by atoms with Crippen LogP contribution in [0.3, 0.4) is 0 Å². The van der Waals surface area contributed by atoms with E-state index in [-0.39, 0.29) is 11.8 Å². The summed E-state index contributed by atoms with van der Waals surface area (Å²) in [7, 11) is 0. The number of carbonyl (C=O) groups excluding carboxylic acids is 2. The molecule has 0 saturated heterocycles. The van der Waals surface area contributed by atoms with Gasteiger partial charge in [-0.2, -0.15) is 0 Å². The number of halogens is 1. The van der Waals surface area contributed by atoms with Gasteiger partial charge in [0, 0.05) is 23.7 Å². The smallest absolute Gasteiger partial charge is 0.255 e. The van der Waals surface area contributed by atoms with Crippen LogP contribution in [0.4, 0.5) is 0 Å². The molecule has 1 N–H and O–H groups in total. The molecule has 0 fully saturated rings. The van der Waals surface area contributed by atoms with E-state index < -0.39 is 6.04 Å². The van der Waals surface area contributed by atoms with Crippen LogP contribution < -0.4 is 5.32 Å². The van der Waals surface area contributed by atoms with Gasteiger partial charge in [0.05, 0.1) is 0 Å². The molecular weight excluding hydrogens is 324 g/mol. The zero-order chi connectivity index (χ0) is 17.3. The van der Waals surface area contributed by atoms with Gasteiger partial charge in [-0.25, -0.2) is 0 Å². The SMILES string of the molecule is CCN1C(=O)c2ccccc2C1C(=O)NCc1ccc(C)cc1Cl. The lowest BCUT2D eigenvalue weighted by atomic mass is 10.0. The average molecular weight is 343 g/mol. The number of hydrogen-bond acceptors (Lipinski definition) is 2. The lowest BCUT2D eigenvalue weighted by Gasteiger charge is -2.23. The maximum absolute atomic E-state index is 12.7. The Hall–Kier alpha value is -2.33. The predicted octanol–water partition coefficient (Wildman–Crippen LogP) is 3.48. The Morgan fingerprint density at radius 1 is 1.25 bits per heavy atom. The summed E-state index contributed by atoms with van der Waals surface area (Å²) >= 11 is 6.22. The summed E-state index contributed by atoms with van der Waals surface area (Å²) in [5.74, 6) is -0.284. The molecule has 2 amide bonds. The van der Waals surface area contributed by atoms with E-state index in [1.807, 2.05) is 50.2 Å². The highest BCUT2D eigenvalue weighted by molar-refractivity contribution is 6.31. The van der Waals surface area contributed by atoms with Gasteiger partial charge < -0.3 is 10.2 Å². The van der Waals surface area contributed by atoms with Crippen molar-refractivity contribution in [1.82, 2.24) is 10.2 Å². The summed E-state index contributed by atoms with van der Waals surface area (Å²) in [5, 5.41) is 3.54. The third-order valence-corrected chi connectivity index (χ3v) is 4.66. The van der Waals surface area contributed by atoms with Crippen molar-refractivity contribution in [3.8, 4) is 0 Å². The minimum Gasteiger partial charge on any atom is -0.350 e. The van der Waals surface area contributed by atoms with Crippen molar-refractivity contribution in [3.63, 3.8) is 0 Å². The number of amides is 2. The van der Waals surface area contributed by atoms with Crippen LogP contribution in [0.15, 0.2) is 42.5 Å². The fraction of sp³-hybridized carbons (Fsp3) is 0.263. The summed E-state index contributed by atoms with van der Waals surface area (Å²) in [6, 6.07) is 12.4. The molecule has 24 heavy (non-hydrogen) atoms. The lowest BCUT2D eigenvalue weighted by molar-refractivity contribution is -0.125. The number of rotatable bonds is 4. The van der Waals surface area contributed by atoms with Crippen LogP contribution in [0.1, 0.15) is 40.0 Å². The Balaban J connectivity index is 1.80. The van der Waals surface area contributed by atoms with Crippen molar-refractivity contribution in [2.45, 2.75) is 26.4 Å². The molecule has 1 aliphatic rings. The topological polar surface area (TPSA) is 49.4 Å². The Labute approximate surface area is 146 Å². The molecule has 3 rings (SSSR count). The van der Waals surface area contributed by atoms with Gasteiger partial charge in [0.2, 0.25) is 5.91 Å². The minimum atomic E-state index is -0.581. The highest BCUT2D eigenvalue weighted by Crippen LogP contribution is 2.33. The molecule has 0 radical (unpaired) electrons. The number of nitrogens with zero attached hydrogens (tertiary/aromatic N) is 1. The first-order valence-corrected chi connectivity index (χ1v) is 8.33. The van der Waals surface area contributed by atoms with Gasteiger partial charge in [-0.3, -0.25) is 9.59 Å². The van der Waals surface area contributed by atoms with E-state index in [4.69, 9.17) is 11.6 Å². The van der Waals surface area contributed by atoms with Crippen LogP contribution in [0.25, 0.3) is 0 Å². The van der Waals surface area contributed by atoms with E-state index in [9.17, 15) is 9.59 Å². The Morgan fingerprint density at radius 3 is 2.71 bits per heavy atom.